The van der Waals surface area contributed by atoms with Crippen LogP contribution in [0.3, 0.4) is 0 Å². The summed E-state index contributed by atoms with van der Waals surface area (Å²) in [6.45, 7) is 0.384. The molecule has 0 fully saturated rings. The van der Waals surface area contributed by atoms with Crippen molar-refractivity contribution in [2.75, 3.05) is 7.11 Å². The van der Waals surface area contributed by atoms with Crippen molar-refractivity contribution < 1.29 is 14.3 Å². The average molecular weight is 240 g/mol. The number of ketones is 1. The van der Waals surface area contributed by atoms with Gasteiger partial charge >= 0.3 is 0 Å². The number of methoxy groups -OCH3 is 1. The van der Waals surface area contributed by atoms with E-state index in [1.807, 2.05) is 24.3 Å². The molecule has 0 N–H and O–H groups in total. The second-order valence-corrected chi connectivity index (χ2v) is 4.11. The van der Waals surface area contributed by atoms with Gasteiger partial charge in [-0.1, -0.05) is 30.3 Å². The molecule has 18 heavy (non-hydrogen) atoms. The van der Waals surface area contributed by atoms with Gasteiger partial charge in [0.25, 0.3) is 0 Å². The van der Waals surface area contributed by atoms with E-state index in [0.717, 1.165) is 5.56 Å². The summed E-state index contributed by atoms with van der Waals surface area (Å²) in [6, 6.07) is 12.9. The summed E-state index contributed by atoms with van der Waals surface area (Å²) >= 11 is 0. The number of benzene rings is 2. The van der Waals surface area contributed by atoms with Gasteiger partial charge in [0.2, 0.25) is 0 Å². The van der Waals surface area contributed by atoms with Crippen LogP contribution in [0.15, 0.2) is 42.5 Å². The van der Waals surface area contributed by atoms with Crippen molar-refractivity contribution in [1.82, 2.24) is 0 Å². The van der Waals surface area contributed by atoms with Crippen molar-refractivity contribution in [1.29, 1.82) is 0 Å². The second kappa shape index (κ2) is 4.18. The Hall–Kier alpha value is -2.29. The van der Waals surface area contributed by atoms with E-state index in [1.54, 1.807) is 25.3 Å². The molecule has 0 aliphatic carbocycles. The molecule has 0 radical (unpaired) electrons. The van der Waals surface area contributed by atoms with E-state index in [0.29, 0.717) is 29.2 Å². The minimum Gasteiger partial charge on any atom is -0.493 e. The summed E-state index contributed by atoms with van der Waals surface area (Å²) in [5, 5.41) is 0. The third-order valence-corrected chi connectivity index (χ3v) is 3.08. The normalized spacial score (nSPS) is 13.1. The zero-order chi connectivity index (χ0) is 12.5. The lowest BCUT2D eigenvalue weighted by molar-refractivity contribution is 0.103. The Kier molecular flexibility index (Phi) is 2.52. The number of para-hydroxylation sites is 1. The maximum Gasteiger partial charge on any atom is 0.197 e. The quantitative estimate of drug-likeness (QED) is 0.768. The first-order valence-electron chi connectivity index (χ1n) is 5.73. The summed E-state index contributed by atoms with van der Waals surface area (Å²) in [6.07, 6.45) is 0. The first-order valence-corrected chi connectivity index (χ1v) is 5.73. The molecule has 1 aliphatic rings. The number of carbonyl (C=O) groups is 1. The van der Waals surface area contributed by atoms with Crippen molar-refractivity contribution in [3.63, 3.8) is 0 Å². The van der Waals surface area contributed by atoms with Gasteiger partial charge in [-0.25, -0.2) is 0 Å². The highest BCUT2D eigenvalue weighted by atomic mass is 16.5. The number of ether oxygens (including phenoxy) is 2. The van der Waals surface area contributed by atoms with Gasteiger partial charge < -0.3 is 9.47 Å². The third-order valence-electron chi connectivity index (χ3n) is 3.08. The molecule has 0 saturated carbocycles. The molecule has 2 aromatic carbocycles. The summed E-state index contributed by atoms with van der Waals surface area (Å²) in [7, 11) is 1.57. The predicted molar refractivity (Wildman–Crippen MR) is 67.2 cm³/mol. The lowest BCUT2D eigenvalue weighted by Crippen LogP contribution is -2.02. The van der Waals surface area contributed by atoms with Crippen molar-refractivity contribution in [3.05, 3.63) is 59.2 Å². The zero-order valence-electron chi connectivity index (χ0n) is 9.97. The first-order chi connectivity index (χ1) is 8.81. The molecule has 1 aliphatic heterocycles. The molecule has 0 saturated heterocycles. The minimum atomic E-state index is -0.0167. The molecule has 0 unspecified atom stereocenters. The molecule has 0 bridgehead atoms. The molecule has 0 aromatic heterocycles. The van der Waals surface area contributed by atoms with Gasteiger partial charge in [0.1, 0.15) is 6.61 Å². The monoisotopic (exact) mass is 240 g/mol. The second-order valence-electron chi connectivity index (χ2n) is 4.11. The highest BCUT2D eigenvalue weighted by molar-refractivity contribution is 6.12. The first kappa shape index (κ1) is 10.8. The van der Waals surface area contributed by atoms with Crippen LogP contribution >= 0.6 is 0 Å². The zero-order valence-corrected chi connectivity index (χ0v) is 9.97. The van der Waals surface area contributed by atoms with Gasteiger partial charge in [-0.15, -0.1) is 0 Å². The Balaban J connectivity index is 2.21. The van der Waals surface area contributed by atoms with E-state index in [2.05, 4.69) is 0 Å². The maximum atomic E-state index is 12.5. The third kappa shape index (κ3) is 1.56. The standard InChI is InChI=1S/C15H12O3/c1-17-13-8-4-7-12-14(16)11-6-3-2-5-10(11)9-18-15(12)13/h2-8H,9H2,1H3. The molecular formula is C15H12O3. The van der Waals surface area contributed by atoms with Crippen molar-refractivity contribution >= 4 is 5.78 Å². The number of carbonyl (C=O) groups excluding carboxylic acids is 1. The summed E-state index contributed by atoms with van der Waals surface area (Å²) in [5.74, 6) is 1.10. The van der Waals surface area contributed by atoms with Crippen LogP contribution in [0.4, 0.5) is 0 Å². The van der Waals surface area contributed by atoms with Gasteiger partial charge in [-0.3, -0.25) is 4.79 Å². The van der Waals surface area contributed by atoms with Crippen LogP contribution in [-0.2, 0) is 6.61 Å². The summed E-state index contributed by atoms with van der Waals surface area (Å²) in [4.78, 5) is 12.5. The van der Waals surface area contributed by atoms with E-state index in [9.17, 15) is 4.79 Å². The van der Waals surface area contributed by atoms with Crippen molar-refractivity contribution in [3.8, 4) is 11.5 Å². The number of hydrogen-bond acceptors (Lipinski definition) is 3. The molecule has 3 nitrogen and oxygen atoms in total. The van der Waals surface area contributed by atoms with E-state index >= 15 is 0 Å². The molecule has 90 valence electrons. The average Bonchev–Trinajstić information content (AvgIpc) is 2.57. The van der Waals surface area contributed by atoms with Crippen molar-refractivity contribution in [2.45, 2.75) is 6.61 Å². The van der Waals surface area contributed by atoms with Crippen LogP contribution in [0.1, 0.15) is 21.5 Å². The fraction of sp³-hybridized carbons (Fsp3) is 0.133. The van der Waals surface area contributed by atoms with Gasteiger partial charge in [0.05, 0.1) is 12.7 Å². The minimum absolute atomic E-state index is 0.0167. The lowest BCUT2D eigenvalue weighted by Gasteiger charge is -2.10. The lowest BCUT2D eigenvalue weighted by atomic mass is 9.99. The molecule has 3 rings (SSSR count). The molecule has 0 amide bonds. The number of fused-ring (bicyclic) bond motifs is 2. The topological polar surface area (TPSA) is 35.5 Å². The maximum absolute atomic E-state index is 12.5. The van der Waals surface area contributed by atoms with Crippen molar-refractivity contribution in [2.24, 2.45) is 0 Å². The van der Waals surface area contributed by atoms with Crippen LogP contribution in [0.25, 0.3) is 0 Å². The summed E-state index contributed by atoms with van der Waals surface area (Å²) < 4.78 is 11.0. The summed E-state index contributed by atoms with van der Waals surface area (Å²) in [5.41, 5.74) is 2.16. The Morgan fingerprint density at radius 2 is 1.83 bits per heavy atom. The van der Waals surface area contributed by atoms with Crippen LogP contribution in [-0.4, -0.2) is 12.9 Å². The Morgan fingerprint density at radius 3 is 2.67 bits per heavy atom. The van der Waals surface area contributed by atoms with Crippen LogP contribution in [0.2, 0.25) is 0 Å². The largest absolute Gasteiger partial charge is 0.493 e. The predicted octanol–water partition coefficient (Wildman–Crippen LogP) is 2.82. The smallest absolute Gasteiger partial charge is 0.197 e. The van der Waals surface area contributed by atoms with E-state index in [1.165, 1.54) is 0 Å². The Morgan fingerprint density at radius 1 is 1.06 bits per heavy atom. The molecule has 1 heterocycles. The fourth-order valence-corrected chi connectivity index (χ4v) is 2.17. The molecule has 0 atom stereocenters. The Labute approximate surface area is 105 Å². The van der Waals surface area contributed by atoms with E-state index in [-0.39, 0.29) is 5.78 Å². The SMILES string of the molecule is COc1cccc2c1OCc1ccccc1C2=O. The number of hydrogen-bond donors (Lipinski definition) is 0. The van der Waals surface area contributed by atoms with E-state index < -0.39 is 0 Å². The molecule has 3 heteroatoms. The Bertz CT molecular complexity index is 617. The van der Waals surface area contributed by atoms with Gasteiger partial charge in [0.15, 0.2) is 17.3 Å². The van der Waals surface area contributed by atoms with Crippen LogP contribution in [0, 0.1) is 0 Å². The molecular weight excluding hydrogens is 228 g/mol. The van der Waals surface area contributed by atoms with Crippen LogP contribution < -0.4 is 9.47 Å². The molecule has 2 aromatic rings. The van der Waals surface area contributed by atoms with Crippen LogP contribution in [0.5, 0.6) is 11.5 Å². The van der Waals surface area contributed by atoms with Gasteiger partial charge in [-0.05, 0) is 12.1 Å². The highest BCUT2D eigenvalue weighted by Crippen LogP contribution is 2.35. The van der Waals surface area contributed by atoms with E-state index in [4.69, 9.17) is 9.47 Å². The molecule has 0 spiro atoms. The van der Waals surface area contributed by atoms with Gasteiger partial charge in [-0.2, -0.15) is 0 Å². The highest BCUT2D eigenvalue weighted by Gasteiger charge is 2.24. The fourth-order valence-electron chi connectivity index (χ4n) is 2.17. The number of rotatable bonds is 1. The van der Waals surface area contributed by atoms with Gasteiger partial charge in [0, 0.05) is 11.1 Å².